The molecule has 0 radical (unpaired) electrons. The van der Waals surface area contributed by atoms with Crippen LogP contribution in [0.5, 0.6) is 0 Å². The van der Waals surface area contributed by atoms with Crippen LogP contribution in [0.25, 0.3) is 0 Å². The third kappa shape index (κ3) is 2.49. The summed E-state index contributed by atoms with van der Waals surface area (Å²) in [4.78, 5) is 17.5. The molecular formula is C10H15N3O4S2. The molecule has 2 rings (SSSR count). The summed E-state index contributed by atoms with van der Waals surface area (Å²) in [6, 6.07) is -1.04. The van der Waals surface area contributed by atoms with Crippen molar-refractivity contribution in [3.05, 3.63) is 12.5 Å². The zero-order valence-corrected chi connectivity index (χ0v) is 12.1. The van der Waals surface area contributed by atoms with Crippen molar-refractivity contribution in [1.82, 2.24) is 14.3 Å². The van der Waals surface area contributed by atoms with Crippen LogP contribution in [0.15, 0.2) is 17.6 Å². The maximum absolute atomic E-state index is 12.5. The molecule has 1 aliphatic heterocycles. The highest BCUT2D eigenvalue weighted by atomic mass is 32.2. The Morgan fingerprint density at radius 3 is 2.79 bits per heavy atom. The molecule has 2 atom stereocenters. The van der Waals surface area contributed by atoms with Crippen molar-refractivity contribution < 1.29 is 18.3 Å². The molecule has 2 unspecified atom stereocenters. The molecule has 1 aromatic rings. The largest absolute Gasteiger partial charge is 0.480 e. The summed E-state index contributed by atoms with van der Waals surface area (Å²) >= 11 is 1.35. The van der Waals surface area contributed by atoms with E-state index in [1.165, 1.54) is 24.3 Å². The van der Waals surface area contributed by atoms with Crippen molar-refractivity contribution in [3.63, 3.8) is 0 Å². The number of aromatic amines is 1. The average Bonchev–Trinajstić information content (AvgIpc) is 2.98. The lowest BCUT2D eigenvalue weighted by atomic mass is 10.2. The number of aliphatic carboxylic acids is 1. The first-order valence-electron chi connectivity index (χ1n) is 5.72. The van der Waals surface area contributed by atoms with Gasteiger partial charge in [0.15, 0.2) is 5.03 Å². The SMILES string of the molecule is CC(C)C1SCC(C(=O)O)N1S(=O)(=O)c1cnc[nH]1. The van der Waals surface area contributed by atoms with E-state index in [0.717, 1.165) is 4.31 Å². The smallest absolute Gasteiger partial charge is 0.322 e. The van der Waals surface area contributed by atoms with E-state index in [2.05, 4.69) is 9.97 Å². The van der Waals surface area contributed by atoms with Crippen LogP contribution in [0.3, 0.4) is 0 Å². The number of nitrogens with one attached hydrogen (secondary N) is 1. The van der Waals surface area contributed by atoms with Crippen LogP contribution in [0, 0.1) is 5.92 Å². The molecule has 0 bridgehead atoms. The van der Waals surface area contributed by atoms with Crippen LogP contribution in [0.1, 0.15) is 13.8 Å². The Kier molecular flexibility index (Phi) is 3.88. The lowest BCUT2D eigenvalue weighted by molar-refractivity contribution is -0.140. The first-order valence-corrected chi connectivity index (χ1v) is 8.21. The standard InChI is InChI=1S/C10H15N3O4S2/c1-6(2)9-13(7(4-18-9)10(14)15)19(16,17)8-3-11-5-12-8/h3,5-7,9H,4H2,1-2H3,(H,11,12)(H,14,15). The van der Waals surface area contributed by atoms with E-state index >= 15 is 0 Å². The van der Waals surface area contributed by atoms with Crippen LogP contribution in [0.4, 0.5) is 0 Å². The fourth-order valence-electron chi connectivity index (χ4n) is 1.98. The van der Waals surface area contributed by atoms with Gasteiger partial charge in [-0.1, -0.05) is 13.8 Å². The van der Waals surface area contributed by atoms with Crippen LogP contribution in [-0.4, -0.2) is 50.9 Å². The number of sulfonamides is 1. The number of carbonyl (C=O) groups is 1. The molecule has 0 amide bonds. The van der Waals surface area contributed by atoms with Crippen molar-refractivity contribution in [2.24, 2.45) is 5.92 Å². The maximum Gasteiger partial charge on any atom is 0.322 e. The molecule has 1 aliphatic rings. The van der Waals surface area contributed by atoms with Crippen LogP contribution >= 0.6 is 11.8 Å². The molecule has 1 fully saturated rings. The van der Waals surface area contributed by atoms with Gasteiger partial charge in [-0.25, -0.2) is 13.4 Å². The summed E-state index contributed by atoms with van der Waals surface area (Å²) in [5.41, 5.74) is 0. The van der Waals surface area contributed by atoms with Gasteiger partial charge in [-0.05, 0) is 5.92 Å². The lowest BCUT2D eigenvalue weighted by Gasteiger charge is -2.27. The highest BCUT2D eigenvalue weighted by Crippen LogP contribution is 2.37. The lowest BCUT2D eigenvalue weighted by Crippen LogP contribution is -2.47. The summed E-state index contributed by atoms with van der Waals surface area (Å²) in [5, 5.41) is 8.74. The monoisotopic (exact) mass is 305 g/mol. The van der Waals surface area contributed by atoms with Gasteiger partial charge in [0.25, 0.3) is 10.0 Å². The molecule has 1 aromatic heterocycles. The number of carboxylic acids is 1. The predicted octanol–water partition coefficient (Wildman–Crippen LogP) is 0.583. The third-order valence-electron chi connectivity index (χ3n) is 2.87. The zero-order valence-electron chi connectivity index (χ0n) is 10.5. The molecule has 0 spiro atoms. The fraction of sp³-hybridized carbons (Fsp3) is 0.600. The van der Waals surface area contributed by atoms with Crippen molar-refractivity contribution in [2.45, 2.75) is 30.3 Å². The molecule has 0 aromatic carbocycles. The van der Waals surface area contributed by atoms with Gasteiger partial charge < -0.3 is 10.1 Å². The molecule has 1 saturated heterocycles. The molecule has 19 heavy (non-hydrogen) atoms. The molecule has 9 heteroatoms. The molecule has 106 valence electrons. The van der Waals surface area contributed by atoms with E-state index in [9.17, 15) is 18.3 Å². The first-order chi connectivity index (χ1) is 8.85. The molecule has 2 heterocycles. The Morgan fingerprint density at radius 1 is 1.63 bits per heavy atom. The van der Waals surface area contributed by atoms with E-state index < -0.39 is 22.0 Å². The van der Waals surface area contributed by atoms with Crippen LogP contribution in [0.2, 0.25) is 0 Å². The van der Waals surface area contributed by atoms with Crippen molar-refractivity contribution in [2.75, 3.05) is 5.75 Å². The molecule has 2 N–H and O–H groups in total. The molecule has 0 aliphatic carbocycles. The van der Waals surface area contributed by atoms with E-state index in [0.29, 0.717) is 0 Å². The van der Waals surface area contributed by atoms with Gasteiger partial charge in [0.05, 0.1) is 17.9 Å². The summed E-state index contributed by atoms with van der Waals surface area (Å²) < 4.78 is 26.1. The minimum Gasteiger partial charge on any atom is -0.480 e. The normalized spacial score (nSPS) is 25.0. The fourth-order valence-corrected chi connectivity index (χ4v) is 5.60. The Balaban J connectivity index is 2.45. The number of hydrogen-bond donors (Lipinski definition) is 2. The Labute approximate surface area is 115 Å². The summed E-state index contributed by atoms with van der Waals surface area (Å²) in [6.07, 6.45) is 2.45. The number of carboxylic acid groups (broad SMARTS) is 1. The summed E-state index contributed by atoms with van der Waals surface area (Å²) in [5.74, 6) is -0.850. The number of imidazole rings is 1. The second kappa shape index (κ2) is 5.14. The second-order valence-electron chi connectivity index (χ2n) is 4.57. The first kappa shape index (κ1) is 14.4. The predicted molar refractivity (Wildman–Crippen MR) is 70.1 cm³/mol. The van der Waals surface area contributed by atoms with E-state index in [4.69, 9.17) is 0 Å². The highest BCUT2D eigenvalue weighted by Gasteiger charge is 2.47. The van der Waals surface area contributed by atoms with Gasteiger partial charge in [-0.2, -0.15) is 4.31 Å². The topological polar surface area (TPSA) is 103 Å². The van der Waals surface area contributed by atoms with Gasteiger partial charge in [0, 0.05) is 5.75 Å². The van der Waals surface area contributed by atoms with Gasteiger partial charge in [0.1, 0.15) is 6.04 Å². The Morgan fingerprint density at radius 2 is 2.32 bits per heavy atom. The van der Waals surface area contributed by atoms with Gasteiger partial charge in [0.2, 0.25) is 0 Å². The number of nitrogens with zero attached hydrogens (tertiary/aromatic N) is 2. The second-order valence-corrected chi connectivity index (χ2v) is 7.53. The number of rotatable bonds is 4. The van der Waals surface area contributed by atoms with Crippen LogP contribution < -0.4 is 0 Å². The van der Waals surface area contributed by atoms with Crippen molar-refractivity contribution in [1.29, 1.82) is 0 Å². The van der Waals surface area contributed by atoms with E-state index in [1.807, 2.05) is 13.8 Å². The van der Waals surface area contributed by atoms with Crippen LogP contribution in [-0.2, 0) is 14.8 Å². The quantitative estimate of drug-likeness (QED) is 0.843. The minimum atomic E-state index is -3.87. The summed E-state index contributed by atoms with van der Waals surface area (Å²) in [6.45, 7) is 3.74. The zero-order chi connectivity index (χ0) is 14.2. The molecular weight excluding hydrogens is 290 g/mol. The number of thioether (sulfide) groups is 1. The summed E-state index contributed by atoms with van der Waals surface area (Å²) in [7, 11) is -3.87. The van der Waals surface area contributed by atoms with E-state index in [-0.39, 0.29) is 22.1 Å². The maximum atomic E-state index is 12.5. The third-order valence-corrected chi connectivity index (χ3v) is 6.44. The number of aromatic nitrogens is 2. The van der Waals surface area contributed by atoms with Crippen molar-refractivity contribution in [3.8, 4) is 0 Å². The van der Waals surface area contributed by atoms with Gasteiger partial charge in [-0.3, -0.25) is 4.79 Å². The average molecular weight is 305 g/mol. The Bertz CT molecular complexity index is 555. The minimum absolute atomic E-state index is 0.0204. The number of hydrogen-bond acceptors (Lipinski definition) is 5. The van der Waals surface area contributed by atoms with Gasteiger partial charge in [-0.15, -0.1) is 11.8 Å². The van der Waals surface area contributed by atoms with Gasteiger partial charge >= 0.3 is 5.97 Å². The number of H-pyrrole nitrogens is 1. The van der Waals surface area contributed by atoms with E-state index in [1.54, 1.807) is 0 Å². The molecule has 0 saturated carbocycles. The highest BCUT2D eigenvalue weighted by molar-refractivity contribution is 8.01. The van der Waals surface area contributed by atoms with Crippen molar-refractivity contribution >= 4 is 27.8 Å². The molecule has 7 nitrogen and oxygen atoms in total. The Hall–Kier alpha value is -1.06.